The number of fused-ring (bicyclic) bond motifs is 1. The fourth-order valence-electron chi connectivity index (χ4n) is 4.09. The normalized spacial score (nSPS) is 20.6. The summed E-state index contributed by atoms with van der Waals surface area (Å²) in [5, 5.41) is 10.2. The lowest BCUT2D eigenvalue weighted by molar-refractivity contribution is 0.361. The van der Waals surface area contributed by atoms with E-state index in [4.69, 9.17) is 17.2 Å². The standard InChI is InChI=1S/C23H27N5S/c1-16(18-10-6-8-17-7-2-3-9-19(17)18)27-23(29)28-21-12-5-4-11-20(21)26-15-22-24-13-14-25-22/h2-3,6-10,13-16,20-21H,4-5,11-12H2,1H3,(H,24,25)(H2,27,28,29)/t16-,20-,21?/m0/s1. The molecule has 0 amide bonds. The molecule has 1 aliphatic carbocycles. The first kappa shape index (κ1) is 19.6. The Labute approximate surface area is 177 Å². The summed E-state index contributed by atoms with van der Waals surface area (Å²) in [5.41, 5.74) is 1.25. The highest BCUT2D eigenvalue weighted by Gasteiger charge is 2.25. The van der Waals surface area contributed by atoms with Crippen LogP contribution in [0.5, 0.6) is 0 Å². The van der Waals surface area contributed by atoms with Gasteiger partial charge in [0.15, 0.2) is 5.11 Å². The zero-order chi connectivity index (χ0) is 20.1. The number of aliphatic imine (C=N–C) groups is 1. The van der Waals surface area contributed by atoms with Gasteiger partial charge in [0.05, 0.1) is 24.3 Å². The first-order chi connectivity index (χ1) is 14.2. The Hall–Kier alpha value is -2.73. The van der Waals surface area contributed by atoms with Crippen LogP contribution in [0.1, 0.15) is 50.0 Å². The van der Waals surface area contributed by atoms with Crippen molar-refractivity contribution in [2.45, 2.75) is 50.7 Å². The Bertz CT molecular complexity index is 977. The molecule has 5 nitrogen and oxygen atoms in total. The molecule has 1 fully saturated rings. The van der Waals surface area contributed by atoms with Gasteiger partial charge < -0.3 is 15.6 Å². The van der Waals surface area contributed by atoms with Crippen LogP contribution in [0.3, 0.4) is 0 Å². The van der Waals surface area contributed by atoms with Crippen molar-refractivity contribution < 1.29 is 0 Å². The van der Waals surface area contributed by atoms with Crippen LogP contribution in [0.25, 0.3) is 10.8 Å². The molecule has 1 heterocycles. The molecule has 1 aromatic heterocycles. The van der Waals surface area contributed by atoms with Gasteiger partial charge in [0.2, 0.25) is 0 Å². The molecule has 1 aliphatic rings. The molecule has 0 radical (unpaired) electrons. The number of aromatic nitrogens is 2. The minimum atomic E-state index is 0.120. The molecule has 1 unspecified atom stereocenters. The van der Waals surface area contributed by atoms with E-state index in [0.717, 1.165) is 18.7 Å². The van der Waals surface area contributed by atoms with Crippen molar-refractivity contribution in [3.8, 4) is 0 Å². The number of benzene rings is 2. The van der Waals surface area contributed by atoms with Gasteiger partial charge in [-0.3, -0.25) is 4.99 Å². The van der Waals surface area contributed by atoms with Crippen LogP contribution in [0.4, 0.5) is 0 Å². The molecule has 6 heteroatoms. The molecule has 0 spiro atoms. The number of H-pyrrole nitrogens is 1. The Kier molecular flexibility index (Phi) is 6.20. The Morgan fingerprint density at radius 1 is 1.21 bits per heavy atom. The summed E-state index contributed by atoms with van der Waals surface area (Å²) >= 11 is 5.66. The van der Waals surface area contributed by atoms with Crippen LogP contribution in [0.15, 0.2) is 59.9 Å². The molecule has 3 N–H and O–H groups in total. The highest BCUT2D eigenvalue weighted by molar-refractivity contribution is 7.80. The number of imidazole rings is 1. The fourth-order valence-corrected chi connectivity index (χ4v) is 4.41. The molecule has 0 saturated heterocycles. The van der Waals surface area contributed by atoms with Crippen molar-refractivity contribution in [3.05, 3.63) is 66.2 Å². The number of nitrogens with zero attached hydrogens (tertiary/aromatic N) is 2. The smallest absolute Gasteiger partial charge is 0.167 e. The van der Waals surface area contributed by atoms with Crippen molar-refractivity contribution in [2.75, 3.05) is 0 Å². The summed E-state index contributed by atoms with van der Waals surface area (Å²) in [6, 6.07) is 15.5. The SMILES string of the molecule is C[C@H](NC(=S)NC1CCCC[C@@H]1N=Cc1ncc[nH]1)c1cccc2ccccc12. The second kappa shape index (κ2) is 9.18. The van der Waals surface area contributed by atoms with E-state index < -0.39 is 0 Å². The van der Waals surface area contributed by atoms with E-state index in [2.05, 4.69) is 70.0 Å². The molecular weight excluding hydrogens is 378 g/mol. The zero-order valence-corrected chi connectivity index (χ0v) is 17.5. The molecule has 4 rings (SSSR count). The minimum absolute atomic E-state index is 0.120. The van der Waals surface area contributed by atoms with Crippen molar-refractivity contribution >= 4 is 34.3 Å². The molecule has 3 aromatic rings. The highest BCUT2D eigenvalue weighted by Crippen LogP contribution is 2.25. The minimum Gasteiger partial charge on any atom is -0.358 e. The third-order valence-corrected chi connectivity index (χ3v) is 5.83. The topological polar surface area (TPSA) is 65.1 Å². The summed E-state index contributed by atoms with van der Waals surface area (Å²) in [7, 11) is 0. The second-order valence-electron chi connectivity index (χ2n) is 7.62. The first-order valence-electron chi connectivity index (χ1n) is 10.3. The summed E-state index contributed by atoms with van der Waals surface area (Å²) in [4.78, 5) is 12.1. The van der Waals surface area contributed by atoms with Crippen LogP contribution in [0.2, 0.25) is 0 Å². The molecule has 3 atom stereocenters. The van der Waals surface area contributed by atoms with Crippen LogP contribution < -0.4 is 10.6 Å². The Morgan fingerprint density at radius 3 is 2.90 bits per heavy atom. The number of hydrogen-bond donors (Lipinski definition) is 3. The summed E-state index contributed by atoms with van der Waals surface area (Å²) in [5.74, 6) is 0.791. The largest absolute Gasteiger partial charge is 0.358 e. The van der Waals surface area contributed by atoms with Gasteiger partial charge in [-0.05, 0) is 48.3 Å². The number of nitrogens with one attached hydrogen (secondary N) is 3. The van der Waals surface area contributed by atoms with Gasteiger partial charge in [-0.15, -0.1) is 0 Å². The van der Waals surface area contributed by atoms with Gasteiger partial charge in [-0.25, -0.2) is 4.98 Å². The van der Waals surface area contributed by atoms with Crippen LogP contribution >= 0.6 is 12.2 Å². The monoisotopic (exact) mass is 405 g/mol. The van der Waals surface area contributed by atoms with Crippen LogP contribution in [-0.4, -0.2) is 33.4 Å². The van der Waals surface area contributed by atoms with E-state index in [1.807, 2.05) is 12.4 Å². The van der Waals surface area contributed by atoms with E-state index in [0.29, 0.717) is 5.11 Å². The lowest BCUT2D eigenvalue weighted by Gasteiger charge is -2.31. The van der Waals surface area contributed by atoms with E-state index in [1.54, 1.807) is 6.20 Å². The van der Waals surface area contributed by atoms with Gasteiger partial charge in [-0.1, -0.05) is 55.3 Å². The third-order valence-electron chi connectivity index (χ3n) is 5.59. The van der Waals surface area contributed by atoms with E-state index >= 15 is 0 Å². The Balaban J connectivity index is 1.41. The molecule has 150 valence electrons. The maximum absolute atomic E-state index is 5.66. The summed E-state index contributed by atoms with van der Waals surface area (Å²) < 4.78 is 0. The second-order valence-corrected chi connectivity index (χ2v) is 8.03. The predicted octanol–water partition coefficient (Wildman–Crippen LogP) is 4.52. The van der Waals surface area contributed by atoms with E-state index in [1.165, 1.54) is 29.2 Å². The van der Waals surface area contributed by atoms with Gasteiger partial charge in [-0.2, -0.15) is 0 Å². The third kappa shape index (κ3) is 4.82. The molecule has 0 aliphatic heterocycles. The van der Waals surface area contributed by atoms with Gasteiger partial charge >= 0.3 is 0 Å². The van der Waals surface area contributed by atoms with Crippen molar-refractivity contribution in [1.82, 2.24) is 20.6 Å². The molecule has 0 bridgehead atoms. The van der Waals surface area contributed by atoms with E-state index in [-0.39, 0.29) is 18.1 Å². The van der Waals surface area contributed by atoms with Gasteiger partial charge in [0, 0.05) is 12.4 Å². The first-order valence-corrected chi connectivity index (χ1v) is 10.7. The lowest BCUT2D eigenvalue weighted by Crippen LogP contribution is -2.48. The predicted molar refractivity (Wildman–Crippen MR) is 123 cm³/mol. The zero-order valence-electron chi connectivity index (χ0n) is 16.6. The van der Waals surface area contributed by atoms with Crippen LogP contribution in [0, 0.1) is 0 Å². The molecule has 29 heavy (non-hydrogen) atoms. The number of hydrogen-bond acceptors (Lipinski definition) is 3. The average Bonchev–Trinajstić information content (AvgIpc) is 3.26. The Morgan fingerprint density at radius 2 is 2.03 bits per heavy atom. The van der Waals surface area contributed by atoms with Crippen molar-refractivity contribution in [3.63, 3.8) is 0 Å². The maximum Gasteiger partial charge on any atom is 0.167 e. The number of aromatic amines is 1. The quantitative estimate of drug-likeness (QED) is 0.431. The van der Waals surface area contributed by atoms with E-state index in [9.17, 15) is 0 Å². The maximum atomic E-state index is 5.66. The number of thiocarbonyl (C=S) groups is 1. The molecule has 2 aromatic carbocycles. The lowest BCUT2D eigenvalue weighted by atomic mass is 9.91. The van der Waals surface area contributed by atoms with Gasteiger partial charge in [0.1, 0.15) is 5.82 Å². The molecule has 1 saturated carbocycles. The van der Waals surface area contributed by atoms with Gasteiger partial charge in [0.25, 0.3) is 0 Å². The average molecular weight is 406 g/mol. The highest BCUT2D eigenvalue weighted by atomic mass is 32.1. The van der Waals surface area contributed by atoms with Crippen molar-refractivity contribution in [2.24, 2.45) is 4.99 Å². The number of rotatable bonds is 5. The fraction of sp³-hybridized carbons (Fsp3) is 0.348. The molecular formula is C23H27N5S. The summed E-state index contributed by atoms with van der Waals surface area (Å²) in [6.45, 7) is 2.16. The summed E-state index contributed by atoms with van der Waals surface area (Å²) in [6.07, 6.45) is 9.93. The van der Waals surface area contributed by atoms with Crippen LogP contribution in [-0.2, 0) is 0 Å². The van der Waals surface area contributed by atoms with Crippen molar-refractivity contribution in [1.29, 1.82) is 0 Å².